The summed E-state index contributed by atoms with van der Waals surface area (Å²) in [7, 11) is 0. The Balaban J connectivity index is 1.68. The standard InChI is InChI=1S/C20H18N6O/c21-9-10-22-20(27)18-8-4-7-17(25-18)15-11-23-19-16(12-24-26(19)13-15)14-5-2-1-3-6-14/h1-8,11-13H,9-10,21H2,(H,22,27). The lowest BCUT2D eigenvalue weighted by Crippen LogP contribution is -2.29. The van der Waals surface area contributed by atoms with Gasteiger partial charge in [0.2, 0.25) is 0 Å². The van der Waals surface area contributed by atoms with Gasteiger partial charge >= 0.3 is 0 Å². The smallest absolute Gasteiger partial charge is 0.269 e. The molecule has 3 aromatic heterocycles. The molecule has 7 nitrogen and oxygen atoms in total. The number of nitrogens with zero attached hydrogens (tertiary/aromatic N) is 4. The molecule has 4 rings (SSSR count). The van der Waals surface area contributed by atoms with Gasteiger partial charge in [-0.05, 0) is 17.7 Å². The average molecular weight is 358 g/mol. The predicted molar refractivity (Wildman–Crippen MR) is 103 cm³/mol. The van der Waals surface area contributed by atoms with Crippen molar-refractivity contribution in [1.82, 2.24) is 24.9 Å². The topological polar surface area (TPSA) is 98.2 Å². The number of nitrogens with two attached hydrogens (primary N) is 1. The highest BCUT2D eigenvalue weighted by Crippen LogP contribution is 2.24. The van der Waals surface area contributed by atoms with Gasteiger partial charge in [0.1, 0.15) is 5.69 Å². The summed E-state index contributed by atoms with van der Waals surface area (Å²) < 4.78 is 1.72. The van der Waals surface area contributed by atoms with Crippen molar-refractivity contribution >= 4 is 11.6 Å². The molecule has 0 atom stereocenters. The highest BCUT2D eigenvalue weighted by Gasteiger charge is 2.11. The fourth-order valence-corrected chi connectivity index (χ4v) is 2.83. The van der Waals surface area contributed by atoms with Crippen LogP contribution in [0.2, 0.25) is 0 Å². The van der Waals surface area contributed by atoms with Gasteiger partial charge in [0.25, 0.3) is 5.91 Å². The maximum Gasteiger partial charge on any atom is 0.269 e. The van der Waals surface area contributed by atoms with E-state index in [4.69, 9.17) is 5.73 Å². The van der Waals surface area contributed by atoms with Gasteiger partial charge in [-0.2, -0.15) is 5.10 Å². The van der Waals surface area contributed by atoms with Gasteiger partial charge in [0.05, 0.1) is 11.9 Å². The lowest BCUT2D eigenvalue weighted by atomic mass is 10.1. The van der Waals surface area contributed by atoms with Crippen LogP contribution in [0, 0.1) is 0 Å². The molecule has 0 bridgehead atoms. The summed E-state index contributed by atoms with van der Waals surface area (Å²) in [5.74, 6) is -0.248. The minimum Gasteiger partial charge on any atom is -0.349 e. The maximum absolute atomic E-state index is 12.1. The van der Waals surface area contributed by atoms with E-state index in [-0.39, 0.29) is 5.91 Å². The molecule has 27 heavy (non-hydrogen) atoms. The predicted octanol–water partition coefficient (Wildman–Crippen LogP) is 2.15. The first-order valence-corrected chi connectivity index (χ1v) is 8.61. The third-order valence-corrected chi connectivity index (χ3v) is 4.15. The second kappa shape index (κ2) is 7.35. The van der Waals surface area contributed by atoms with Crippen molar-refractivity contribution in [2.24, 2.45) is 5.73 Å². The molecule has 0 aliphatic heterocycles. The van der Waals surface area contributed by atoms with Gasteiger partial charge in [-0.25, -0.2) is 14.5 Å². The molecular weight excluding hydrogens is 340 g/mol. The van der Waals surface area contributed by atoms with Gasteiger partial charge in [0.15, 0.2) is 5.65 Å². The Labute approximate surface area is 155 Å². The molecule has 134 valence electrons. The maximum atomic E-state index is 12.1. The molecule has 7 heteroatoms. The van der Waals surface area contributed by atoms with Crippen LogP contribution in [0.3, 0.4) is 0 Å². The first kappa shape index (κ1) is 16.9. The third kappa shape index (κ3) is 3.40. The molecule has 0 saturated carbocycles. The monoisotopic (exact) mass is 358 g/mol. The van der Waals surface area contributed by atoms with E-state index in [9.17, 15) is 4.79 Å². The lowest BCUT2D eigenvalue weighted by molar-refractivity contribution is 0.0950. The second-order valence-corrected chi connectivity index (χ2v) is 5.99. The van der Waals surface area contributed by atoms with Gasteiger partial charge < -0.3 is 11.1 Å². The van der Waals surface area contributed by atoms with Crippen LogP contribution in [0.5, 0.6) is 0 Å². The highest BCUT2D eigenvalue weighted by molar-refractivity contribution is 5.92. The number of hydrogen-bond acceptors (Lipinski definition) is 5. The molecule has 1 amide bonds. The van der Waals surface area contributed by atoms with Crippen LogP contribution in [-0.4, -0.2) is 38.6 Å². The van der Waals surface area contributed by atoms with Crippen molar-refractivity contribution in [3.05, 3.63) is 72.8 Å². The van der Waals surface area contributed by atoms with Crippen molar-refractivity contribution < 1.29 is 4.79 Å². The lowest BCUT2D eigenvalue weighted by Gasteiger charge is -2.06. The fraction of sp³-hybridized carbons (Fsp3) is 0.100. The summed E-state index contributed by atoms with van der Waals surface area (Å²) in [6.45, 7) is 0.795. The Morgan fingerprint density at radius 2 is 1.89 bits per heavy atom. The SMILES string of the molecule is NCCNC(=O)c1cccc(-c2cnc3c(-c4ccccc4)cnn3c2)n1. The van der Waals surface area contributed by atoms with E-state index in [0.717, 1.165) is 22.3 Å². The van der Waals surface area contributed by atoms with E-state index >= 15 is 0 Å². The van der Waals surface area contributed by atoms with Gasteiger partial charge in [-0.3, -0.25) is 4.79 Å². The van der Waals surface area contributed by atoms with Crippen LogP contribution in [0.1, 0.15) is 10.5 Å². The van der Waals surface area contributed by atoms with E-state index < -0.39 is 0 Å². The molecule has 0 radical (unpaired) electrons. The van der Waals surface area contributed by atoms with Crippen LogP contribution >= 0.6 is 0 Å². The van der Waals surface area contributed by atoms with E-state index in [2.05, 4.69) is 20.4 Å². The van der Waals surface area contributed by atoms with Gasteiger partial charge in [0, 0.05) is 36.6 Å². The van der Waals surface area contributed by atoms with Crippen molar-refractivity contribution in [2.45, 2.75) is 0 Å². The van der Waals surface area contributed by atoms with Crippen LogP contribution < -0.4 is 11.1 Å². The van der Waals surface area contributed by atoms with Crippen LogP contribution in [-0.2, 0) is 0 Å². The molecule has 3 N–H and O–H groups in total. The van der Waals surface area contributed by atoms with Gasteiger partial charge in [-0.15, -0.1) is 0 Å². The molecule has 0 spiro atoms. The Morgan fingerprint density at radius 3 is 2.70 bits per heavy atom. The number of fused-ring (bicyclic) bond motifs is 1. The Bertz CT molecular complexity index is 1090. The van der Waals surface area contributed by atoms with Crippen LogP contribution in [0.15, 0.2) is 67.1 Å². The molecule has 0 fully saturated rings. The number of aromatic nitrogens is 4. The molecule has 0 saturated heterocycles. The van der Waals surface area contributed by atoms with Crippen molar-refractivity contribution in [3.63, 3.8) is 0 Å². The van der Waals surface area contributed by atoms with Crippen LogP contribution in [0.25, 0.3) is 28.0 Å². The zero-order valence-electron chi connectivity index (χ0n) is 14.5. The van der Waals surface area contributed by atoms with E-state index in [1.165, 1.54) is 0 Å². The Morgan fingerprint density at radius 1 is 1.04 bits per heavy atom. The summed E-state index contributed by atoms with van der Waals surface area (Å²) in [5.41, 5.74) is 9.98. The number of carbonyl (C=O) groups is 1. The summed E-state index contributed by atoms with van der Waals surface area (Å²) in [6, 6.07) is 15.3. The van der Waals surface area contributed by atoms with Gasteiger partial charge in [-0.1, -0.05) is 36.4 Å². The molecule has 1 aromatic carbocycles. The molecule has 0 unspecified atom stereocenters. The Hall–Kier alpha value is -3.58. The minimum atomic E-state index is -0.248. The molecule has 3 heterocycles. The van der Waals surface area contributed by atoms with E-state index in [1.807, 2.05) is 42.6 Å². The highest BCUT2D eigenvalue weighted by atomic mass is 16.1. The number of pyridine rings is 1. The first-order chi connectivity index (χ1) is 13.3. The van der Waals surface area contributed by atoms with Crippen molar-refractivity contribution in [2.75, 3.05) is 13.1 Å². The number of carbonyl (C=O) groups excluding carboxylic acids is 1. The summed E-state index contributed by atoms with van der Waals surface area (Å²) in [6.07, 6.45) is 5.40. The molecule has 0 aliphatic rings. The van der Waals surface area contributed by atoms with E-state index in [1.54, 1.807) is 29.0 Å². The quantitative estimate of drug-likeness (QED) is 0.570. The fourth-order valence-electron chi connectivity index (χ4n) is 2.83. The number of rotatable bonds is 5. The molecule has 0 aliphatic carbocycles. The second-order valence-electron chi connectivity index (χ2n) is 5.99. The number of hydrogen-bond donors (Lipinski definition) is 2. The zero-order valence-corrected chi connectivity index (χ0v) is 14.5. The summed E-state index contributed by atoms with van der Waals surface area (Å²) in [4.78, 5) is 21.1. The Kier molecular flexibility index (Phi) is 4.59. The minimum absolute atomic E-state index is 0.248. The number of nitrogens with one attached hydrogen (secondary N) is 1. The summed E-state index contributed by atoms with van der Waals surface area (Å²) in [5, 5.41) is 7.13. The van der Waals surface area contributed by atoms with E-state index in [0.29, 0.717) is 24.5 Å². The van der Waals surface area contributed by atoms with Crippen molar-refractivity contribution in [3.8, 4) is 22.4 Å². The molecule has 4 aromatic rings. The number of benzene rings is 1. The zero-order chi connectivity index (χ0) is 18.6. The normalized spacial score (nSPS) is 10.9. The average Bonchev–Trinajstić information content (AvgIpc) is 3.16. The van der Waals surface area contributed by atoms with Crippen molar-refractivity contribution in [1.29, 1.82) is 0 Å². The third-order valence-electron chi connectivity index (χ3n) is 4.15. The van der Waals surface area contributed by atoms with Crippen LogP contribution in [0.4, 0.5) is 0 Å². The number of amides is 1. The summed E-state index contributed by atoms with van der Waals surface area (Å²) >= 11 is 0. The molecular formula is C20H18N6O. The first-order valence-electron chi connectivity index (χ1n) is 8.61. The largest absolute Gasteiger partial charge is 0.349 e.